The van der Waals surface area contributed by atoms with Gasteiger partial charge in [0.1, 0.15) is 0 Å². The molecule has 0 saturated carbocycles. The fourth-order valence-electron chi connectivity index (χ4n) is 4.05. The number of amides is 1. The molecule has 2 aliphatic rings. The van der Waals surface area contributed by atoms with Crippen LogP contribution >= 0.6 is 0 Å². The summed E-state index contributed by atoms with van der Waals surface area (Å²) in [6.07, 6.45) is 5.79. The molecule has 2 heterocycles. The number of carbonyl (C=O) groups excluding carboxylic acids is 1. The van der Waals surface area contributed by atoms with Crippen LogP contribution < -0.4 is 5.32 Å². The van der Waals surface area contributed by atoms with E-state index in [1.807, 2.05) is 6.92 Å². The highest BCUT2D eigenvalue weighted by molar-refractivity contribution is 5.88. The molecule has 5 heteroatoms. The van der Waals surface area contributed by atoms with E-state index in [0.29, 0.717) is 25.9 Å². The van der Waals surface area contributed by atoms with Gasteiger partial charge in [0.2, 0.25) is 5.91 Å². The van der Waals surface area contributed by atoms with Crippen molar-refractivity contribution in [1.29, 1.82) is 0 Å². The largest absolute Gasteiger partial charge is 0.481 e. The Hall–Kier alpha value is -1.10. The first kappa shape index (κ1) is 16.3. The highest BCUT2D eigenvalue weighted by Gasteiger charge is 2.50. The van der Waals surface area contributed by atoms with E-state index in [-0.39, 0.29) is 5.91 Å². The van der Waals surface area contributed by atoms with Crippen LogP contribution in [0.15, 0.2) is 0 Å². The number of hydrogen-bond acceptors (Lipinski definition) is 3. The minimum atomic E-state index is -0.747. The molecule has 0 spiro atoms. The average Bonchev–Trinajstić information content (AvgIpc) is 3.07. The van der Waals surface area contributed by atoms with Crippen LogP contribution in [0.2, 0.25) is 0 Å². The second kappa shape index (κ2) is 6.34. The summed E-state index contributed by atoms with van der Waals surface area (Å²) in [5.74, 6) is -0.621. The summed E-state index contributed by atoms with van der Waals surface area (Å²) in [7, 11) is 0. The maximum absolute atomic E-state index is 12.9. The minimum Gasteiger partial charge on any atom is -0.481 e. The number of likely N-dealkylation sites (tertiary alicyclic amines) is 1. The van der Waals surface area contributed by atoms with Gasteiger partial charge in [0.25, 0.3) is 0 Å². The molecule has 2 rings (SSSR count). The molecule has 0 aromatic heterocycles. The van der Waals surface area contributed by atoms with E-state index in [1.165, 1.54) is 0 Å². The molecule has 5 nitrogen and oxygen atoms in total. The van der Waals surface area contributed by atoms with Gasteiger partial charge in [0, 0.05) is 13.1 Å². The summed E-state index contributed by atoms with van der Waals surface area (Å²) in [5.41, 5.74) is -1.16. The number of rotatable bonds is 6. The van der Waals surface area contributed by atoms with Crippen LogP contribution in [0, 0.1) is 5.41 Å². The summed E-state index contributed by atoms with van der Waals surface area (Å²) in [5, 5.41) is 13.0. The fraction of sp³-hybridized carbons (Fsp3) is 0.875. The average molecular weight is 296 g/mol. The van der Waals surface area contributed by atoms with Crippen molar-refractivity contribution in [3.63, 3.8) is 0 Å². The minimum absolute atomic E-state index is 0.126. The van der Waals surface area contributed by atoms with Crippen molar-refractivity contribution in [3.05, 3.63) is 0 Å². The maximum Gasteiger partial charge on any atom is 0.311 e. The Balaban J connectivity index is 2.12. The molecular weight excluding hydrogens is 268 g/mol. The molecule has 0 aromatic carbocycles. The van der Waals surface area contributed by atoms with Gasteiger partial charge in [0.15, 0.2) is 0 Å². The van der Waals surface area contributed by atoms with Gasteiger partial charge in [0.05, 0.1) is 11.0 Å². The molecule has 2 saturated heterocycles. The monoisotopic (exact) mass is 296 g/mol. The Morgan fingerprint density at radius 3 is 2.43 bits per heavy atom. The molecule has 0 bridgehead atoms. The lowest BCUT2D eigenvalue weighted by Crippen LogP contribution is -2.54. The molecule has 2 aliphatic heterocycles. The lowest BCUT2D eigenvalue weighted by molar-refractivity contribution is -0.149. The number of aliphatic carboxylic acids is 1. The molecule has 21 heavy (non-hydrogen) atoms. The van der Waals surface area contributed by atoms with E-state index in [9.17, 15) is 14.7 Å². The van der Waals surface area contributed by atoms with Gasteiger partial charge in [-0.1, -0.05) is 26.7 Å². The standard InChI is InChI=1S/C16H28N2O3/c1-3-6-15(14(20)21)9-11-18(12-15)13(19)16(7-4-2)8-5-10-17-16/h17H,3-12H2,1-2H3,(H,20,21). The molecule has 1 amide bonds. The smallest absolute Gasteiger partial charge is 0.311 e. The first-order valence-corrected chi connectivity index (χ1v) is 8.27. The van der Waals surface area contributed by atoms with Crippen molar-refractivity contribution in [2.45, 2.75) is 64.3 Å². The van der Waals surface area contributed by atoms with E-state index in [0.717, 1.165) is 38.6 Å². The van der Waals surface area contributed by atoms with Gasteiger partial charge in [-0.15, -0.1) is 0 Å². The normalized spacial score (nSPS) is 32.6. The third-order valence-corrected chi connectivity index (χ3v) is 5.15. The van der Waals surface area contributed by atoms with Gasteiger partial charge >= 0.3 is 5.97 Å². The number of carboxylic acids is 1. The third-order valence-electron chi connectivity index (χ3n) is 5.15. The number of carboxylic acid groups (broad SMARTS) is 1. The van der Waals surface area contributed by atoms with E-state index in [1.54, 1.807) is 4.90 Å². The van der Waals surface area contributed by atoms with Crippen LogP contribution in [-0.2, 0) is 9.59 Å². The SMILES string of the molecule is CCCC1(C(=O)O)CCN(C(=O)C2(CCC)CCCN2)C1. The van der Waals surface area contributed by atoms with Crippen LogP contribution in [0.5, 0.6) is 0 Å². The van der Waals surface area contributed by atoms with Crippen LogP contribution in [0.3, 0.4) is 0 Å². The molecule has 2 atom stereocenters. The summed E-state index contributed by atoms with van der Waals surface area (Å²) < 4.78 is 0. The van der Waals surface area contributed by atoms with Crippen LogP contribution in [0.25, 0.3) is 0 Å². The quantitative estimate of drug-likeness (QED) is 0.786. The Labute approximate surface area is 127 Å². The number of hydrogen-bond donors (Lipinski definition) is 2. The Morgan fingerprint density at radius 2 is 1.90 bits per heavy atom. The predicted octanol–water partition coefficient (Wildman–Crippen LogP) is 2.01. The lowest BCUT2D eigenvalue weighted by Gasteiger charge is -2.33. The van der Waals surface area contributed by atoms with Crippen molar-refractivity contribution in [2.24, 2.45) is 5.41 Å². The topological polar surface area (TPSA) is 69.6 Å². The van der Waals surface area contributed by atoms with Gasteiger partial charge in [-0.05, 0) is 38.6 Å². The van der Waals surface area contributed by atoms with Crippen molar-refractivity contribution < 1.29 is 14.7 Å². The summed E-state index contributed by atoms with van der Waals surface area (Å²) in [6, 6.07) is 0. The lowest BCUT2D eigenvalue weighted by atomic mass is 9.82. The van der Waals surface area contributed by atoms with E-state index in [2.05, 4.69) is 12.2 Å². The molecule has 2 fully saturated rings. The second-order valence-corrected chi connectivity index (χ2v) is 6.67. The van der Waals surface area contributed by atoms with E-state index in [4.69, 9.17) is 0 Å². The highest BCUT2D eigenvalue weighted by atomic mass is 16.4. The molecular formula is C16H28N2O3. The number of nitrogens with zero attached hydrogens (tertiary/aromatic N) is 1. The summed E-state index contributed by atoms with van der Waals surface area (Å²) in [6.45, 7) is 5.95. The summed E-state index contributed by atoms with van der Waals surface area (Å²) >= 11 is 0. The molecule has 2 N–H and O–H groups in total. The van der Waals surface area contributed by atoms with Gasteiger partial charge < -0.3 is 15.3 Å². The van der Waals surface area contributed by atoms with Crippen molar-refractivity contribution in [3.8, 4) is 0 Å². The first-order valence-electron chi connectivity index (χ1n) is 8.27. The first-order chi connectivity index (χ1) is 9.99. The number of nitrogens with one attached hydrogen (secondary N) is 1. The van der Waals surface area contributed by atoms with Gasteiger partial charge in [-0.25, -0.2) is 0 Å². The summed E-state index contributed by atoms with van der Waals surface area (Å²) in [4.78, 5) is 26.4. The van der Waals surface area contributed by atoms with Crippen molar-refractivity contribution >= 4 is 11.9 Å². The van der Waals surface area contributed by atoms with Crippen molar-refractivity contribution in [1.82, 2.24) is 10.2 Å². The van der Waals surface area contributed by atoms with Crippen LogP contribution in [0.1, 0.15) is 58.8 Å². The zero-order valence-electron chi connectivity index (χ0n) is 13.3. The molecule has 0 aromatic rings. The third kappa shape index (κ3) is 2.93. The van der Waals surface area contributed by atoms with Gasteiger partial charge in [-0.3, -0.25) is 9.59 Å². The fourth-order valence-corrected chi connectivity index (χ4v) is 4.05. The highest BCUT2D eigenvalue weighted by Crippen LogP contribution is 2.38. The Bertz CT molecular complexity index is 404. The van der Waals surface area contributed by atoms with Crippen LogP contribution in [0.4, 0.5) is 0 Å². The number of carbonyl (C=O) groups is 2. The maximum atomic E-state index is 12.9. The van der Waals surface area contributed by atoms with Gasteiger partial charge in [-0.2, -0.15) is 0 Å². The molecule has 2 unspecified atom stereocenters. The second-order valence-electron chi connectivity index (χ2n) is 6.67. The Morgan fingerprint density at radius 1 is 1.19 bits per heavy atom. The zero-order valence-corrected chi connectivity index (χ0v) is 13.3. The molecule has 120 valence electrons. The zero-order chi connectivity index (χ0) is 15.5. The van der Waals surface area contributed by atoms with E-state index < -0.39 is 16.9 Å². The Kier molecular flexibility index (Phi) is 4.91. The van der Waals surface area contributed by atoms with Crippen molar-refractivity contribution in [2.75, 3.05) is 19.6 Å². The van der Waals surface area contributed by atoms with Crippen LogP contribution in [-0.4, -0.2) is 47.1 Å². The molecule has 0 radical (unpaired) electrons. The molecule has 0 aliphatic carbocycles. The van der Waals surface area contributed by atoms with E-state index >= 15 is 0 Å². The predicted molar refractivity (Wildman–Crippen MR) is 81.0 cm³/mol.